The van der Waals surface area contributed by atoms with Gasteiger partial charge in [0.2, 0.25) is 0 Å². The predicted octanol–water partition coefficient (Wildman–Crippen LogP) is 2.07. The lowest BCUT2D eigenvalue weighted by molar-refractivity contribution is 0.171. The van der Waals surface area contributed by atoms with Gasteiger partial charge in [-0.3, -0.25) is 0 Å². The third-order valence-electron chi connectivity index (χ3n) is 4.28. The van der Waals surface area contributed by atoms with Crippen molar-refractivity contribution in [3.8, 4) is 11.5 Å². The van der Waals surface area contributed by atoms with E-state index in [4.69, 9.17) is 9.47 Å². The van der Waals surface area contributed by atoms with Crippen LogP contribution >= 0.6 is 0 Å². The molecule has 4 nitrogen and oxygen atoms in total. The Labute approximate surface area is 127 Å². The minimum atomic E-state index is 0.659. The minimum Gasteiger partial charge on any atom is -0.486 e. The van der Waals surface area contributed by atoms with Gasteiger partial charge in [0.15, 0.2) is 11.5 Å². The summed E-state index contributed by atoms with van der Waals surface area (Å²) in [6, 6.07) is 7.03. The Morgan fingerprint density at radius 3 is 2.95 bits per heavy atom. The molecule has 116 valence electrons. The van der Waals surface area contributed by atoms with Crippen molar-refractivity contribution >= 4 is 0 Å². The molecule has 2 aliphatic heterocycles. The molecule has 0 spiro atoms. The van der Waals surface area contributed by atoms with Crippen molar-refractivity contribution in [3.63, 3.8) is 0 Å². The van der Waals surface area contributed by atoms with Crippen molar-refractivity contribution in [2.75, 3.05) is 39.4 Å². The number of benzene rings is 1. The van der Waals surface area contributed by atoms with Gasteiger partial charge in [-0.05, 0) is 50.0 Å². The summed E-state index contributed by atoms with van der Waals surface area (Å²) in [5.74, 6) is 1.79. The monoisotopic (exact) mass is 290 g/mol. The molecule has 0 bridgehead atoms. The molecule has 21 heavy (non-hydrogen) atoms. The summed E-state index contributed by atoms with van der Waals surface area (Å²) in [7, 11) is 0. The van der Waals surface area contributed by atoms with Crippen LogP contribution < -0.4 is 14.8 Å². The van der Waals surface area contributed by atoms with E-state index in [-0.39, 0.29) is 0 Å². The van der Waals surface area contributed by atoms with E-state index in [9.17, 15) is 0 Å². The fourth-order valence-corrected chi connectivity index (χ4v) is 3.08. The van der Waals surface area contributed by atoms with Crippen molar-refractivity contribution < 1.29 is 9.47 Å². The largest absolute Gasteiger partial charge is 0.486 e. The molecule has 0 saturated carbocycles. The van der Waals surface area contributed by atoms with Crippen LogP contribution in [0.5, 0.6) is 11.5 Å². The highest BCUT2D eigenvalue weighted by atomic mass is 16.6. The number of hydrogen-bond acceptors (Lipinski definition) is 4. The number of ether oxygens (including phenoxy) is 2. The number of hydrogen-bond donors (Lipinski definition) is 1. The van der Waals surface area contributed by atoms with Gasteiger partial charge < -0.3 is 19.7 Å². The zero-order valence-corrected chi connectivity index (χ0v) is 12.9. The summed E-state index contributed by atoms with van der Waals surface area (Å²) in [5, 5.41) is 3.62. The molecule has 2 aliphatic rings. The summed E-state index contributed by atoms with van der Waals surface area (Å²) < 4.78 is 11.2. The van der Waals surface area contributed by atoms with Crippen LogP contribution in [0.3, 0.4) is 0 Å². The van der Waals surface area contributed by atoms with E-state index in [0.717, 1.165) is 31.0 Å². The molecule has 1 aromatic carbocycles. The molecule has 0 radical (unpaired) electrons. The molecule has 4 heteroatoms. The fourth-order valence-electron chi connectivity index (χ4n) is 3.08. The first-order valence-corrected chi connectivity index (χ1v) is 8.19. The topological polar surface area (TPSA) is 33.7 Å². The molecule has 0 amide bonds. The minimum absolute atomic E-state index is 0.659. The van der Waals surface area contributed by atoms with Gasteiger partial charge in [0.05, 0.1) is 0 Å². The Morgan fingerprint density at radius 2 is 2.10 bits per heavy atom. The molecule has 1 saturated heterocycles. The molecule has 0 aromatic heterocycles. The molecular weight excluding hydrogens is 264 g/mol. The first-order chi connectivity index (χ1) is 10.3. The highest BCUT2D eigenvalue weighted by Crippen LogP contribution is 2.30. The molecule has 1 N–H and O–H groups in total. The van der Waals surface area contributed by atoms with Crippen molar-refractivity contribution in [1.29, 1.82) is 0 Å². The normalized spacial score (nSPS) is 21.7. The maximum absolute atomic E-state index is 5.65. The highest BCUT2D eigenvalue weighted by Gasteiger charge is 2.21. The van der Waals surface area contributed by atoms with Crippen LogP contribution in [0.1, 0.15) is 25.3 Å². The number of nitrogens with zero attached hydrogens (tertiary/aromatic N) is 1. The molecule has 1 aromatic rings. The zero-order valence-electron chi connectivity index (χ0n) is 12.9. The first kappa shape index (κ1) is 14.7. The maximum atomic E-state index is 5.65. The summed E-state index contributed by atoms with van der Waals surface area (Å²) in [6.07, 6.45) is 3.58. The number of nitrogens with one attached hydrogen (secondary N) is 1. The number of likely N-dealkylation sites (tertiary alicyclic amines) is 1. The number of rotatable bonds is 6. The van der Waals surface area contributed by atoms with E-state index in [0.29, 0.717) is 19.3 Å². The van der Waals surface area contributed by atoms with E-state index in [1.54, 1.807) is 0 Å². The summed E-state index contributed by atoms with van der Waals surface area (Å²) in [4.78, 5) is 2.56. The molecular formula is C17H26N2O2. The molecule has 1 unspecified atom stereocenters. The van der Waals surface area contributed by atoms with Crippen molar-refractivity contribution in [3.05, 3.63) is 23.8 Å². The van der Waals surface area contributed by atoms with Gasteiger partial charge in [-0.1, -0.05) is 13.0 Å². The standard InChI is InChI=1S/C17H26N2O2/c1-2-7-18-15-6-9-19(13-15)8-5-14-3-4-16-17(12-14)21-11-10-20-16/h3-4,12,15,18H,2,5-11,13H2,1H3. The first-order valence-electron chi connectivity index (χ1n) is 8.19. The van der Waals surface area contributed by atoms with Gasteiger partial charge in [0.25, 0.3) is 0 Å². The van der Waals surface area contributed by atoms with Gasteiger partial charge >= 0.3 is 0 Å². The summed E-state index contributed by atoms with van der Waals surface area (Å²) in [6.45, 7) is 8.21. The van der Waals surface area contributed by atoms with Crippen molar-refractivity contribution in [2.24, 2.45) is 0 Å². The second-order valence-corrected chi connectivity index (χ2v) is 5.97. The van der Waals surface area contributed by atoms with Crippen LogP contribution in [0.25, 0.3) is 0 Å². The molecule has 0 aliphatic carbocycles. The second-order valence-electron chi connectivity index (χ2n) is 5.97. The van der Waals surface area contributed by atoms with Crippen molar-refractivity contribution in [2.45, 2.75) is 32.2 Å². The lowest BCUT2D eigenvalue weighted by atomic mass is 10.1. The zero-order chi connectivity index (χ0) is 14.5. The lowest BCUT2D eigenvalue weighted by Crippen LogP contribution is -2.33. The van der Waals surface area contributed by atoms with Gasteiger partial charge in [-0.15, -0.1) is 0 Å². The molecule has 1 fully saturated rings. The summed E-state index contributed by atoms with van der Waals surface area (Å²) >= 11 is 0. The van der Waals surface area contributed by atoms with E-state index < -0.39 is 0 Å². The summed E-state index contributed by atoms with van der Waals surface area (Å²) in [5.41, 5.74) is 1.34. The Bertz CT molecular complexity index is 464. The average molecular weight is 290 g/mol. The van der Waals surface area contributed by atoms with E-state index in [2.05, 4.69) is 29.3 Å². The molecule has 1 atom stereocenters. The second kappa shape index (κ2) is 7.14. The Morgan fingerprint density at radius 1 is 1.24 bits per heavy atom. The third-order valence-corrected chi connectivity index (χ3v) is 4.28. The van der Waals surface area contributed by atoms with E-state index in [1.807, 2.05) is 6.07 Å². The highest BCUT2D eigenvalue weighted by molar-refractivity contribution is 5.43. The Balaban J connectivity index is 1.47. The smallest absolute Gasteiger partial charge is 0.161 e. The Kier molecular flexibility index (Phi) is 4.99. The van der Waals surface area contributed by atoms with Crippen LogP contribution in [0.15, 0.2) is 18.2 Å². The van der Waals surface area contributed by atoms with Gasteiger partial charge in [-0.2, -0.15) is 0 Å². The average Bonchev–Trinajstić information content (AvgIpc) is 2.98. The van der Waals surface area contributed by atoms with E-state index >= 15 is 0 Å². The van der Waals surface area contributed by atoms with E-state index in [1.165, 1.54) is 31.5 Å². The van der Waals surface area contributed by atoms with Gasteiger partial charge in [0, 0.05) is 19.1 Å². The van der Waals surface area contributed by atoms with Crippen LogP contribution in [-0.2, 0) is 6.42 Å². The SMILES string of the molecule is CCCNC1CCN(CCc2ccc3c(c2)OCCO3)C1. The van der Waals surface area contributed by atoms with Crippen LogP contribution in [-0.4, -0.2) is 50.3 Å². The van der Waals surface area contributed by atoms with Gasteiger partial charge in [-0.25, -0.2) is 0 Å². The fraction of sp³-hybridized carbons (Fsp3) is 0.647. The van der Waals surface area contributed by atoms with Crippen LogP contribution in [0, 0.1) is 0 Å². The van der Waals surface area contributed by atoms with Crippen molar-refractivity contribution in [1.82, 2.24) is 10.2 Å². The quantitative estimate of drug-likeness (QED) is 0.870. The van der Waals surface area contributed by atoms with Gasteiger partial charge in [0.1, 0.15) is 13.2 Å². The lowest BCUT2D eigenvalue weighted by Gasteiger charge is -2.20. The Hall–Kier alpha value is -1.26. The predicted molar refractivity (Wildman–Crippen MR) is 84.3 cm³/mol. The van der Waals surface area contributed by atoms with Crippen LogP contribution in [0.4, 0.5) is 0 Å². The molecule has 3 rings (SSSR count). The van der Waals surface area contributed by atoms with Crippen LogP contribution in [0.2, 0.25) is 0 Å². The maximum Gasteiger partial charge on any atom is 0.161 e. The third kappa shape index (κ3) is 3.89. The molecule has 2 heterocycles. The number of fused-ring (bicyclic) bond motifs is 1.